The van der Waals surface area contributed by atoms with Gasteiger partial charge < -0.3 is 19.5 Å². The van der Waals surface area contributed by atoms with E-state index in [0.717, 1.165) is 61.5 Å². The second-order valence-corrected chi connectivity index (χ2v) is 7.95. The van der Waals surface area contributed by atoms with Crippen LogP contribution in [0.3, 0.4) is 0 Å². The highest BCUT2D eigenvalue weighted by molar-refractivity contribution is 9.10. The van der Waals surface area contributed by atoms with E-state index in [-0.39, 0.29) is 0 Å². The molecular weight excluding hydrogens is 444 g/mol. The summed E-state index contributed by atoms with van der Waals surface area (Å²) in [4.78, 5) is 2.42. The summed E-state index contributed by atoms with van der Waals surface area (Å²) in [6.07, 6.45) is 0. The van der Waals surface area contributed by atoms with E-state index < -0.39 is 0 Å². The summed E-state index contributed by atoms with van der Waals surface area (Å²) in [5, 5.41) is 4.20. The molecule has 28 heavy (non-hydrogen) atoms. The third-order valence-corrected chi connectivity index (χ3v) is 5.42. The molecule has 3 rings (SSSR count). The molecule has 0 atom stereocenters. The fourth-order valence-electron chi connectivity index (χ4n) is 3.09. The average molecular weight is 470 g/mol. The first kappa shape index (κ1) is 21.4. The van der Waals surface area contributed by atoms with Crippen molar-refractivity contribution in [3.05, 3.63) is 57.0 Å². The molecule has 2 aromatic carbocycles. The van der Waals surface area contributed by atoms with Gasteiger partial charge in [-0.3, -0.25) is 4.90 Å². The van der Waals surface area contributed by atoms with E-state index in [2.05, 4.69) is 32.2 Å². The number of ether oxygens (including phenoxy) is 3. The third-order valence-electron chi connectivity index (χ3n) is 4.60. The molecule has 0 aromatic heterocycles. The van der Waals surface area contributed by atoms with E-state index in [1.165, 1.54) is 0 Å². The zero-order chi connectivity index (χ0) is 19.8. The summed E-state index contributed by atoms with van der Waals surface area (Å²) in [7, 11) is 1.66. The van der Waals surface area contributed by atoms with Crippen LogP contribution in [0.4, 0.5) is 0 Å². The fraction of sp³-hybridized carbons (Fsp3) is 0.429. The molecule has 0 aliphatic carbocycles. The fourth-order valence-corrected chi connectivity index (χ4v) is 3.91. The highest BCUT2D eigenvalue weighted by atomic mass is 79.9. The number of benzene rings is 2. The van der Waals surface area contributed by atoms with Crippen LogP contribution in [0.2, 0.25) is 5.02 Å². The molecule has 0 radical (unpaired) electrons. The van der Waals surface area contributed by atoms with Crippen LogP contribution < -0.4 is 14.8 Å². The minimum atomic E-state index is 0.423. The lowest BCUT2D eigenvalue weighted by atomic mass is 10.2. The van der Waals surface area contributed by atoms with E-state index in [0.29, 0.717) is 23.1 Å². The van der Waals surface area contributed by atoms with E-state index in [9.17, 15) is 0 Å². The summed E-state index contributed by atoms with van der Waals surface area (Å²) < 4.78 is 17.8. The summed E-state index contributed by atoms with van der Waals surface area (Å²) in [5.74, 6) is 1.40. The van der Waals surface area contributed by atoms with Gasteiger partial charge in [0.1, 0.15) is 6.61 Å². The van der Waals surface area contributed by atoms with Gasteiger partial charge in [-0.15, -0.1) is 0 Å². The Morgan fingerprint density at radius 2 is 2.00 bits per heavy atom. The van der Waals surface area contributed by atoms with E-state index in [1.54, 1.807) is 7.11 Å². The highest BCUT2D eigenvalue weighted by Crippen LogP contribution is 2.37. The smallest absolute Gasteiger partial charge is 0.175 e. The summed E-state index contributed by atoms with van der Waals surface area (Å²) in [6, 6.07) is 11.7. The van der Waals surface area contributed by atoms with Crippen LogP contribution >= 0.6 is 27.5 Å². The maximum absolute atomic E-state index is 6.04. The number of rotatable bonds is 9. The van der Waals surface area contributed by atoms with Crippen LogP contribution in [-0.2, 0) is 17.9 Å². The van der Waals surface area contributed by atoms with E-state index >= 15 is 0 Å². The van der Waals surface area contributed by atoms with Crippen molar-refractivity contribution in [3.8, 4) is 11.5 Å². The topological polar surface area (TPSA) is 43.0 Å². The van der Waals surface area contributed by atoms with Gasteiger partial charge in [0.2, 0.25) is 0 Å². The number of hydrogen-bond acceptors (Lipinski definition) is 5. The molecule has 1 aliphatic heterocycles. The molecule has 0 saturated carbocycles. The van der Waals surface area contributed by atoms with Crippen molar-refractivity contribution in [1.82, 2.24) is 10.2 Å². The maximum Gasteiger partial charge on any atom is 0.175 e. The normalized spacial score (nSPS) is 14.8. The van der Waals surface area contributed by atoms with Crippen LogP contribution in [0.25, 0.3) is 0 Å². The van der Waals surface area contributed by atoms with Crippen LogP contribution in [0.5, 0.6) is 11.5 Å². The van der Waals surface area contributed by atoms with Crippen molar-refractivity contribution >= 4 is 27.5 Å². The highest BCUT2D eigenvalue weighted by Gasteiger charge is 2.13. The molecule has 0 unspecified atom stereocenters. The third kappa shape index (κ3) is 6.36. The van der Waals surface area contributed by atoms with Gasteiger partial charge >= 0.3 is 0 Å². The van der Waals surface area contributed by atoms with Gasteiger partial charge in [0.05, 0.1) is 24.8 Å². The van der Waals surface area contributed by atoms with Gasteiger partial charge in [-0.05, 0) is 51.3 Å². The Hall–Kier alpha value is -1.31. The van der Waals surface area contributed by atoms with Gasteiger partial charge in [0.15, 0.2) is 11.5 Å². The summed E-state index contributed by atoms with van der Waals surface area (Å²) in [6.45, 7) is 6.86. The Morgan fingerprint density at radius 1 is 1.18 bits per heavy atom. The lowest BCUT2D eigenvalue weighted by Crippen LogP contribution is -2.40. The van der Waals surface area contributed by atoms with Crippen LogP contribution in [0.1, 0.15) is 11.1 Å². The Bertz CT molecular complexity index is 769. The Labute approximate surface area is 180 Å². The maximum atomic E-state index is 6.04. The quantitative estimate of drug-likeness (QED) is 0.560. The van der Waals surface area contributed by atoms with Crippen molar-refractivity contribution in [2.45, 2.75) is 13.2 Å². The molecule has 1 N–H and O–H groups in total. The molecule has 2 aromatic rings. The van der Waals surface area contributed by atoms with Crippen LogP contribution in [0.15, 0.2) is 40.9 Å². The standard InChI is InChI=1S/C21H26BrClN2O3/c1-26-20-13-17(14-24-5-6-25-7-9-27-10-8-25)12-19(22)21(20)28-15-16-3-2-4-18(23)11-16/h2-4,11-13,24H,5-10,14-15H2,1H3. The molecule has 0 bridgehead atoms. The predicted molar refractivity (Wildman–Crippen MR) is 115 cm³/mol. The number of morpholine rings is 1. The Balaban J connectivity index is 1.54. The zero-order valence-corrected chi connectivity index (χ0v) is 18.4. The number of methoxy groups -OCH3 is 1. The van der Waals surface area contributed by atoms with Crippen molar-refractivity contribution in [2.75, 3.05) is 46.5 Å². The molecular formula is C21H26BrClN2O3. The molecule has 1 aliphatic rings. The molecule has 1 heterocycles. The number of nitrogens with zero attached hydrogens (tertiary/aromatic N) is 1. The molecule has 1 saturated heterocycles. The van der Waals surface area contributed by atoms with Gasteiger partial charge in [-0.1, -0.05) is 23.7 Å². The molecule has 5 nitrogen and oxygen atoms in total. The summed E-state index contributed by atoms with van der Waals surface area (Å²) in [5.41, 5.74) is 2.15. The summed E-state index contributed by atoms with van der Waals surface area (Å²) >= 11 is 9.66. The lowest BCUT2D eigenvalue weighted by Gasteiger charge is -2.26. The van der Waals surface area contributed by atoms with Gasteiger partial charge in [-0.2, -0.15) is 0 Å². The Morgan fingerprint density at radius 3 is 2.75 bits per heavy atom. The first-order chi connectivity index (χ1) is 13.7. The second-order valence-electron chi connectivity index (χ2n) is 6.66. The van der Waals surface area contributed by atoms with Crippen molar-refractivity contribution in [3.63, 3.8) is 0 Å². The predicted octanol–water partition coefficient (Wildman–Crippen LogP) is 4.11. The van der Waals surface area contributed by atoms with Gasteiger partial charge in [0, 0.05) is 37.7 Å². The largest absolute Gasteiger partial charge is 0.493 e. The molecule has 152 valence electrons. The van der Waals surface area contributed by atoms with Crippen molar-refractivity contribution < 1.29 is 14.2 Å². The number of nitrogens with one attached hydrogen (secondary N) is 1. The molecule has 0 amide bonds. The Kier molecular flexibility index (Phi) is 8.43. The average Bonchev–Trinajstić information content (AvgIpc) is 2.71. The first-order valence-corrected chi connectivity index (χ1v) is 10.6. The molecule has 7 heteroatoms. The first-order valence-electron chi connectivity index (χ1n) is 9.40. The molecule has 1 fully saturated rings. The monoisotopic (exact) mass is 468 g/mol. The van der Waals surface area contributed by atoms with Crippen molar-refractivity contribution in [2.24, 2.45) is 0 Å². The van der Waals surface area contributed by atoms with E-state index in [1.807, 2.05) is 30.3 Å². The number of halogens is 2. The lowest BCUT2D eigenvalue weighted by molar-refractivity contribution is 0.0384. The number of hydrogen-bond donors (Lipinski definition) is 1. The van der Waals surface area contributed by atoms with Gasteiger partial charge in [-0.25, -0.2) is 0 Å². The van der Waals surface area contributed by atoms with Crippen LogP contribution in [0, 0.1) is 0 Å². The minimum absolute atomic E-state index is 0.423. The SMILES string of the molecule is COc1cc(CNCCN2CCOCC2)cc(Br)c1OCc1cccc(Cl)c1. The van der Waals surface area contributed by atoms with Gasteiger partial charge in [0.25, 0.3) is 0 Å². The van der Waals surface area contributed by atoms with E-state index in [4.69, 9.17) is 25.8 Å². The van der Waals surface area contributed by atoms with Crippen LogP contribution in [-0.4, -0.2) is 51.4 Å². The second kappa shape index (κ2) is 11.0. The molecule has 0 spiro atoms. The zero-order valence-electron chi connectivity index (χ0n) is 16.0. The van der Waals surface area contributed by atoms with Crippen molar-refractivity contribution in [1.29, 1.82) is 0 Å². The minimum Gasteiger partial charge on any atom is -0.493 e.